The van der Waals surface area contributed by atoms with Crippen LogP contribution in [0.15, 0.2) is 24.3 Å². The summed E-state index contributed by atoms with van der Waals surface area (Å²) in [7, 11) is 2.97. The summed E-state index contributed by atoms with van der Waals surface area (Å²) in [6, 6.07) is 6.77. The molecule has 6 nitrogen and oxygen atoms in total. The maximum absolute atomic E-state index is 12.0. The maximum atomic E-state index is 12.0. The first kappa shape index (κ1) is 21.0. The van der Waals surface area contributed by atoms with Crippen LogP contribution in [0, 0.1) is 13.8 Å². The van der Waals surface area contributed by atoms with Gasteiger partial charge in [0.1, 0.15) is 30.5 Å². The van der Waals surface area contributed by atoms with E-state index < -0.39 is 6.09 Å². The molecule has 27 heavy (non-hydrogen) atoms. The number of ether oxygens (including phenoxy) is 4. The molecule has 146 valence electrons. The second-order valence-corrected chi connectivity index (χ2v) is 6.45. The van der Waals surface area contributed by atoms with E-state index in [0.717, 1.165) is 11.1 Å². The lowest BCUT2D eigenvalue weighted by molar-refractivity contribution is 0.137. The molecule has 0 aliphatic rings. The smallest absolute Gasteiger partial charge is 0.411 e. The molecule has 0 saturated carbocycles. The van der Waals surface area contributed by atoms with Crippen molar-refractivity contribution in [3.8, 4) is 17.2 Å². The Morgan fingerprint density at radius 3 is 2.19 bits per heavy atom. The number of methoxy groups -OCH3 is 2. The predicted molar refractivity (Wildman–Crippen MR) is 106 cm³/mol. The van der Waals surface area contributed by atoms with Crippen molar-refractivity contribution in [3.63, 3.8) is 0 Å². The van der Waals surface area contributed by atoms with E-state index in [1.54, 1.807) is 6.07 Å². The molecule has 2 aromatic carbocycles. The first-order valence-corrected chi connectivity index (χ1v) is 8.86. The summed E-state index contributed by atoms with van der Waals surface area (Å²) in [4.78, 5) is 12.0. The van der Waals surface area contributed by atoms with Crippen LogP contribution in [0.25, 0.3) is 0 Å². The third-order valence-corrected chi connectivity index (χ3v) is 4.60. The second-order valence-electron chi connectivity index (χ2n) is 5.67. The normalized spacial score (nSPS) is 10.3. The highest BCUT2D eigenvalue weighted by Gasteiger charge is 2.13. The fourth-order valence-electron chi connectivity index (χ4n) is 2.39. The van der Waals surface area contributed by atoms with Gasteiger partial charge in [0.15, 0.2) is 0 Å². The summed E-state index contributed by atoms with van der Waals surface area (Å²) in [5.74, 6) is 1.51. The number of nitrogens with one attached hydrogen (secondary N) is 1. The molecular weight excluding hydrogens is 393 g/mol. The van der Waals surface area contributed by atoms with Crippen molar-refractivity contribution in [1.82, 2.24) is 0 Å². The van der Waals surface area contributed by atoms with E-state index in [4.69, 9.17) is 42.1 Å². The van der Waals surface area contributed by atoms with E-state index in [0.29, 0.717) is 33.0 Å². The van der Waals surface area contributed by atoms with Crippen LogP contribution in [-0.4, -0.2) is 33.5 Å². The van der Waals surface area contributed by atoms with Crippen LogP contribution in [0.3, 0.4) is 0 Å². The fraction of sp³-hybridized carbons (Fsp3) is 0.316. The average Bonchev–Trinajstić information content (AvgIpc) is 2.63. The highest BCUT2D eigenvalue weighted by atomic mass is 35.5. The van der Waals surface area contributed by atoms with Crippen LogP contribution in [0.2, 0.25) is 10.0 Å². The average molecular weight is 414 g/mol. The SMILES string of the molecule is COc1cc(OC)c(NC(=O)OCCOc2cc(C)c(Cl)c(C)c2)cc1Cl. The van der Waals surface area contributed by atoms with Crippen LogP contribution in [0.1, 0.15) is 11.1 Å². The van der Waals surface area contributed by atoms with Gasteiger partial charge in [-0.05, 0) is 43.2 Å². The summed E-state index contributed by atoms with van der Waals surface area (Å²) < 4.78 is 21.0. The zero-order chi connectivity index (χ0) is 20.0. The van der Waals surface area contributed by atoms with E-state index in [1.165, 1.54) is 20.3 Å². The monoisotopic (exact) mass is 413 g/mol. The van der Waals surface area contributed by atoms with Crippen molar-refractivity contribution >= 4 is 35.0 Å². The molecule has 0 heterocycles. The number of hydrogen-bond acceptors (Lipinski definition) is 5. The molecule has 0 fully saturated rings. The lowest BCUT2D eigenvalue weighted by Gasteiger charge is -2.13. The minimum absolute atomic E-state index is 0.0682. The van der Waals surface area contributed by atoms with Crippen LogP contribution >= 0.6 is 23.2 Å². The van der Waals surface area contributed by atoms with Crippen molar-refractivity contribution in [2.24, 2.45) is 0 Å². The minimum atomic E-state index is -0.651. The van der Waals surface area contributed by atoms with Crippen molar-refractivity contribution in [1.29, 1.82) is 0 Å². The van der Waals surface area contributed by atoms with Crippen LogP contribution < -0.4 is 19.5 Å². The molecule has 8 heteroatoms. The Morgan fingerprint density at radius 2 is 1.59 bits per heavy atom. The van der Waals surface area contributed by atoms with Gasteiger partial charge in [-0.15, -0.1) is 0 Å². The summed E-state index contributed by atoms with van der Waals surface area (Å²) in [6.45, 7) is 4.08. The molecule has 2 rings (SSSR count). The number of carbonyl (C=O) groups excluding carboxylic acids is 1. The number of aryl methyl sites for hydroxylation is 2. The van der Waals surface area contributed by atoms with Gasteiger partial charge in [0.25, 0.3) is 0 Å². The van der Waals surface area contributed by atoms with E-state index in [-0.39, 0.29) is 13.2 Å². The van der Waals surface area contributed by atoms with Gasteiger partial charge < -0.3 is 18.9 Å². The number of benzene rings is 2. The number of rotatable bonds is 7. The van der Waals surface area contributed by atoms with E-state index in [9.17, 15) is 4.79 Å². The van der Waals surface area contributed by atoms with Crippen molar-refractivity contribution in [2.75, 3.05) is 32.8 Å². The third kappa shape index (κ3) is 5.58. The van der Waals surface area contributed by atoms with Gasteiger partial charge in [-0.2, -0.15) is 0 Å². The highest BCUT2D eigenvalue weighted by Crippen LogP contribution is 2.35. The first-order valence-electron chi connectivity index (χ1n) is 8.10. The molecule has 0 aromatic heterocycles. The standard InChI is InChI=1S/C19H21Cl2NO5/c1-11-7-13(8-12(2)18(11)21)26-5-6-27-19(23)22-15-9-14(20)16(24-3)10-17(15)25-4/h7-10H,5-6H2,1-4H3,(H,22,23). The van der Waals surface area contributed by atoms with Gasteiger partial charge in [-0.25, -0.2) is 4.79 Å². The molecule has 0 spiro atoms. The Bertz CT molecular complexity index is 803. The molecule has 0 atom stereocenters. The number of halogens is 2. The molecule has 1 N–H and O–H groups in total. The van der Waals surface area contributed by atoms with Crippen LogP contribution in [0.5, 0.6) is 17.2 Å². The minimum Gasteiger partial charge on any atom is -0.495 e. The van der Waals surface area contributed by atoms with Gasteiger partial charge in [0.05, 0.1) is 24.9 Å². The topological polar surface area (TPSA) is 66.0 Å². The molecular formula is C19H21Cl2NO5. The zero-order valence-electron chi connectivity index (χ0n) is 15.5. The second kappa shape index (κ2) is 9.58. The Balaban J connectivity index is 1.87. The van der Waals surface area contributed by atoms with Crippen molar-refractivity contribution < 1.29 is 23.7 Å². The molecule has 0 bridgehead atoms. The lowest BCUT2D eigenvalue weighted by Crippen LogP contribution is -2.18. The molecule has 1 amide bonds. The van der Waals surface area contributed by atoms with E-state index in [2.05, 4.69) is 5.32 Å². The molecule has 0 saturated heterocycles. The first-order chi connectivity index (χ1) is 12.8. The molecule has 2 aromatic rings. The Morgan fingerprint density at radius 1 is 0.963 bits per heavy atom. The quantitative estimate of drug-likeness (QED) is 0.627. The van der Waals surface area contributed by atoms with Crippen molar-refractivity contribution in [3.05, 3.63) is 45.4 Å². The largest absolute Gasteiger partial charge is 0.495 e. The fourth-order valence-corrected chi connectivity index (χ4v) is 2.74. The summed E-state index contributed by atoms with van der Waals surface area (Å²) in [6.07, 6.45) is -0.651. The summed E-state index contributed by atoms with van der Waals surface area (Å²) in [5.41, 5.74) is 2.22. The Kier molecular flexibility index (Phi) is 7.45. The van der Waals surface area contributed by atoms with Gasteiger partial charge in [-0.1, -0.05) is 23.2 Å². The van der Waals surface area contributed by atoms with E-state index >= 15 is 0 Å². The number of amides is 1. The molecule has 0 unspecified atom stereocenters. The highest BCUT2D eigenvalue weighted by molar-refractivity contribution is 6.32. The van der Waals surface area contributed by atoms with E-state index in [1.807, 2.05) is 26.0 Å². The zero-order valence-corrected chi connectivity index (χ0v) is 17.0. The molecule has 0 aliphatic heterocycles. The number of anilines is 1. The van der Waals surface area contributed by atoms with Gasteiger partial charge in [0, 0.05) is 11.1 Å². The Hall–Kier alpha value is -2.31. The Labute approximate surface area is 168 Å². The molecule has 0 aliphatic carbocycles. The summed E-state index contributed by atoms with van der Waals surface area (Å²) >= 11 is 12.2. The van der Waals surface area contributed by atoms with Gasteiger partial charge in [0.2, 0.25) is 0 Å². The van der Waals surface area contributed by atoms with Crippen molar-refractivity contribution in [2.45, 2.75) is 13.8 Å². The van der Waals surface area contributed by atoms with Crippen LogP contribution in [0.4, 0.5) is 10.5 Å². The number of carbonyl (C=O) groups is 1. The third-order valence-electron chi connectivity index (χ3n) is 3.71. The lowest BCUT2D eigenvalue weighted by atomic mass is 10.1. The maximum Gasteiger partial charge on any atom is 0.411 e. The summed E-state index contributed by atoms with van der Waals surface area (Å²) in [5, 5.41) is 3.63. The van der Waals surface area contributed by atoms with Gasteiger partial charge in [-0.3, -0.25) is 5.32 Å². The molecule has 0 radical (unpaired) electrons. The van der Waals surface area contributed by atoms with Gasteiger partial charge >= 0.3 is 6.09 Å². The predicted octanol–water partition coefficient (Wildman–Crippen LogP) is 5.25. The van der Waals surface area contributed by atoms with Crippen LogP contribution in [-0.2, 0) is 4.74 Å². The number of hydrogen-bond donors (Lipinski definition) is 1.